The second-order valence-corrected chi connectivity index (χ2v) is 1.95. The Bertz CT molecular complexity index is 173. The zero-order valence-corrected chi connectivity index (χ0v) is 6.24. The SMILES string of the molecule is C=COC(=O)C(CO)C(C)=O. The molecular weight excluding hydrogens is 148 g/mol. The zero-order valence-electron chi connectivity index (χ0n) is 6.24. The molecule has 0 fully saturated rings. The highest BCUT2D eigenvalue weighted by atomic mass is 16.5. The Morgan fingerprint density at radius 2 is 2.27 bits per heavy atom. The van der Waals surface area contributed by atoms with Crippen molar-refractivity contribution in [2.75, 3.05) is 6.61 Å². The van der Waals surface area contributed by atoms with Crippen molar-refractivity contribution in [1.29, 1.82) is 0 Å². The summed E-state index contributed by atoms with van der Waals surface area (Å²) in [6.07, 6.45) is 0.925. The minimum absolute atomic E-state index is 0.417. The van der Waals surface area contributed by atoms with E-state index >= 15 is 0 Å². The van der Waals surface area contributed by atoms with Gasteiger partial charge in [0, 0.05) is 0 Å². The fraction of sp³-hybridized carbons (Fsp3) is 0.429. The molecule has 1 unspecified atom stereocenters. The molecule has 0 aromatic heterocycles. The molecule has 0 aliphatic rings. The van der Waals surface area contributed by atoms with Crippen LogP contribution in [0.3, 0.4) is 0 Å². The van der Waals surface area contributed by atoms with Crippen LogP contribution in [0.1, 0.15) is 6.92 Å². The molecule has 0 radical (unpaired) electrons. The second kappa shape index (κ2) is 4.62. The maximum atomic E-state index is 10.7. The molecule has 0 spiro atoms. The number of ketones is 1. The van der Waals surface area contributed by atoms with Crippen LogP contribution >= 0.6 is 0 Å². The first-order valence-electron chi connectivity index (χ1n) is 3.06. The summed E-state index contributed by atoms with van der Waals surface area (Å²) in [4.78, 5) is 21.3. The van der Waals surface area contributed by atoms with Crippen molar-refractivity contribution in [3.63, 3.8) is 0 Å². The number of esters is 1. The number of carbonyl (C=O) groups is 2. The third-order valence-corrected chi connectivity index (χ3v) is 1.16. The average molecular weight is 158 g/mol. The summed E-state index contributed by atoms with van der Waals surface area (Å²) in [5.74, 6) is -2.26. The minimum atomic E-state index is -1.08. The van der Waals surface area contributed by atoms with Crippen LogP contribution in [0.15, 0.2) is 12.8 Å². The third kappa shape index (κ3) is 2.95. The Hall–Kier alpha value is -1.16. The fourth-order valence-electron chi connectivity index (χ4n) is 0.533. The van der Waals surface area contributed by atoms with Gasteiger partial charge < -0.3 is 9.84 Å². The fourth-order valence-corrected chi connectivity index (χ4v) is 0.533. The van der Waals surface area contributed by atoms with Crippen molar-refractivity contribution in [3.8, 4) is 0 Å². The molecule has 62 valence electrons. The largest absolute Gasteiger partial charge is 0.435 e. The number of Topliss-reactive ketones (excluding diaryl/α,β-unsaturated/α-hetero) is 1. The van der Waals surface area contributed by atoms with Gasteiger partial charge in [-0.3, -0.25) is 9.59 Å². The lowest BCUT2D eigenvalue weighted by molar-refractivity contribution is -0.148. The number of aliphatic hydroxyl groups is 1. The first kappa shape index (κ1) is 9.84. The number of rotatable bonds is 4. The molecule has 0 amide bonds. The Kier molecular flexibility index (Phi) is 4.14. The second-order valence-electron chi connectivity index (χ2n) is 1.95. The average Bonchev–Trinajstić information content (AvgIpc) is 1.88. The normalized spacial score (nSPS) is 11.8. The van der Waals surface area contributed by atoms with Gasteiger partial charge >= 0.3 is 5.97 Å². The smallest absolute Gasteiger partial charge is 0.323 e. The number of ether oxygens (including phenoxy) is 1. The van der Waals surface area contributed by atoms with E-state index < -0.39 is 24.3 Å². The molecule has 4 heteroatoms. The Labute approximate surface area is 64.5 Å². The van der Waals surface area contributed by atoms with E-state index in [-0.39, 0.29) is 0 Å². The van der Waals surface area contributed by atoms with Gasteiger partial charge in [0.1, 0.15) is 11.7 Å². The Morgan fingerprint density at radius 1 is 1.73 bits per heavy atom. The van der Waals surface area contributed by atoms with Crippen molar-refractivity contribution >= 4 is 11.8 Å². The van der Waals surface area contributed by atoms with Crippen molar-refractivity contribution in [3.05, 3.63) is 12.8 Å². The van der Waals surface area contributed by atoms with Crippen LogP contribution in [0, 0.1) is 5.92 Å². The number of aliphatic hydroxyl groups excluding tert-OH is 1. The molecule has 1 atom stereocenters. The molecule has 0 aliphatic carbocycles. The molecule has 11 heavy (non-hydrogen) atoms. The van der Waals surface area contributed by atoms with Crippen LogP contribution in [0.25, 0.3) is 0 Å². The molecule has 0 aromatic rings. The van der Waals surface area contributed by atoms with E-state index in [1.165, 1.54) is 6.92 Å². The van der Waals surface area contributed by atoms with Crippen LogP contribution in [-0.4, -0.2) is 23.5 Å². The monoisotopic (exact) mass is 158 g/mol. The summed E-state index contributed by atoms with van der Waals surface area (Å²) in [5, 5.41) is 8.54. The van der Waals surface area contributed by atoms with E-state index in [0.717, 1.165) is 6.26 Å². The molecule has 0 aliphatic heterocycles. The van der Waals surface area contributed by atoms with E-state index in [1.807, 2.05) is 0 Å². The van der Waals surface area contributed by atoms with E-state index in [1.54, 1.807) is 0 Å². The summed E-state index contributed by atoms with van der Waals surface area (Å²) in [7, 11) is 0. The van der Waals surface area contributed by atoms with Gasteiger partial charge in [-0.2, -0.15) is 0 Å². The summed E-state index contributed by atoms with van der Waals surface area (Å²) in [6.45, 7) is 3.83. The maximum absolute atomic E-state index is 10.7. The number of carbonyl (C=O) groups excluding carboxylic acids is 2. The summed E-state index contributed by atoms with van der Waals surface area (Å²) >= 11 is 0. The van der Waals surface area contributed by atoms with E-state index in [2.05, 4.69) is 11.3 Å². The van der Waals surface area contributed by atoms with E-state index in [4.69, 9.17) is 5.11 Å². The van der Waals surface area contributed by atoms with Gasteiger partial charge in [-0.25, -0.2) is 0 Å². The molecule has 0 saturated carbocycles. The summed E-state index contributed by atoms with van der Waals surface area (Å²) < 4.78 is 4.30. The molecule has 0 heterocycles. The van der Waals surface area contributed by atoms with Crippen LogP contribution in [-0.2, 0) is 14.3 Å². The van der Waals surface area contributed by atoms with Crippen LogP contribution in [0.4, 0.5) is 0 Å². The van der Waals surface area contributed by atoms with Crippen molar-refractivity contribution in [2.24, 2.45) is 5.92 Å². The first-order chi connectivity index (χ1) is 5.13. The van der Waals surface area contributed by atoms with Crippen molar-refractivity contribution in [2.45, 2.75) is 6.92 Å². The lowest BCUT2D eigenvalue weighted by Crippen LogP contribution is -2.26. The predicted octanol–water partition coefficient (Wildman–Crippen LogP) is -0.129. The molecular formula is C7H10O4. The van der Waals surface area contributed by atoms with Gasteiger partial charge in [0.15, 0.2) is 0 Å². The lowest BCUT2D eigenvalue weighted by Gasteiger charge is -2.06. The Morgan fingerprint density at radius 3 is 2.55 bits per heavy atom. The standard InChI is InChI=1S/C7H10O4/c1-3-11-7(10)6(4-8)5(2)9/h3,6,8H,1,4H2,2H3. The molecule has 0 aromatic carbocycles. The maximum Gasteiger partial charge on any atom is 0.323 e. The van der Waals surface area contributed by atoms with Gasteiger partial charge in [-0.05, 0) is 6.92 Å². The molecule has 0 bridgehead atoms. The molecule has 0 saturated heterocycles. The highest BCUT2D eigenvalue weighted by molar-refractivity contribution is 5.97. The predicted molar refractivity (Wildman–Crippen MR) is 37.5 cm³/mol. The topological polar surface area (TPSA) is 63.6 Å². The highest BCUT2D eigenvalue weighted by Gasteiger charge is 2.22. The lowest BCUT2D eigenvalue weighted by atomic mass is 10.1. The summed E-state index contributed by atoms with van der Waals surface area (Å²) in [6, 6.07) is 0. The van der Waals surface area contributed by atoms with Crippen LogP contribution < -0.4 is 0 Å². The molecule has 4 nitrogen and oxygen atoms in total. The van der Waals surface area contributed by atoms with Gasteiger partial charge in [0.2, 0.25) is 0 Å². The van der Waals surface area contributed by atoms with Crippen LogP contribution in [0.2, 0.25) is 0 Å². The van der Waals surface area contributed by atoms with Gasteiger partial charge in [-0.15, -0.1) is 0 Å². The van der Waals surface area contributed by atoms with Gasteiger partial charge in [0.25, 0.3) is 0 Å². The van der Waals surface area contributed by atoms with Gasteiger partial charge in [0.05, 0.1) is 12.9 Å². The minimum Gasteiger partial charge on any atom is -0.435 e. The molecule has 0 rings (SSSR count). The number of hydrogen-bond donors (Lipinski definition) is 1. The molecule has 1 N–H and O–H groups in total. The first-order valence-corrected chi connectivity index (χ1v) is 3.06. The van der Waals surface area contributed by atoms with Crippen LogP contribution in [0.5, 0.6) is 0 Å². The third-order valence-electron chi connectivity index (χ3n) is 1.16. The van der Waals surface area contributed by atoms with E-state index in [9.17, 15) is 9.59 Å². The van der Waals surface area contributed by atoms with Gasteiger partial charge in [-0.1, -0.05) is 6.58 Å². The number of hydrogen-bond acceptors (Lipinski definition) is 4. The zero-order chi connectivity index (χ0) is 8.85. The Balaban J connectivity index is 4.13. The van der Waals surface area contributed by atoms with E-state index in [0.29, 0.717) is 0 Å². The highest BCUT2D eigenvalue weighted by Crippen LogP contribution is 2.00. The van der Waals surface area contributed by atoms with Crippen molar-refractivity contribution in [1.82, 2.24) is 0 Å². The van der Waals surface area contributed by atoms with Crippen molar-refractivity contribution < 1.29 is 19.4 Å². The quantitative estimate of drug-likeness (QED) is 0.351. The summed E-state index contributed by atoms with van der Waals surface area (Å²) in [5.41, 5.74) is 0.